The first-order valence-electron chi connectivity index (χ1n) is 6.13. The van der Waals surface area contributed by atoms with E-state index in [-0.39, 0.29) is 5.02 Å². The zero-order valence-electron chi connectivity index (χ0n) is 12.0. The third-order valence-corrected chi connectivity index (χ3v) is 4.86. The third kappa shape index (κ3) is 3.78. The topological polar surface area (TPSA) is 0 Å². The van der Waals surface area contributed by atoms with Crippen LogP contribution in [0.25, 0.3) is 0 Å². The lowest BCUT2D eigenvalue weighted by molar-refractivity contribution is -0.406. The standard InChI is InChI=1S/C12H4ClF13S/c13-5-1-3-6(4-2-5)27-7(10(18,19)20,11(21,22)23)8(14,15)9(16,17)12(24,25)26/h1-4H. The van der Waals surface area contributed by atoms with Crippen molar-refractivity contribution in [2.45, 2.75) is 40.0 Å². The van der Waals surface area contributed by atoms with Crippen LogP contribution in [-0.2, 0) is 0 Å². The first-order valence-corrected chi connectivity index (χ1v) is 7.32. The second-order valence-electron chi connectivity index (χ2n) is 4.88. The molecule has 0 aliphatic carbocycles. The van der Waals surface area contributed by atoms with Crippen LogP contribution in [0.4, 0.5) is 57.1 Å². The van der Waals surface area contributed by atoms with Gasteiger partial charge in [0.05, 0.1) is 0 Å². The summed E-state index contributed by atoms with van der Waals surface area (Å²) >= 11 is 3.38. The fourth-order valence-electron chi connectivity index (χ4n) is 1.78. The van der Waals surface area contributed by atoms with E-state index in [9.17, 15) is 57.1 Å². The number of rotatable bonds is 4. The van der Waals surface area contributed by atoms with Gasteiger partial charge in [-0.25, -0.2) is 0 Å². The molecule has 0 aromatic heterocycles. The Hall–Kier alpha value is -1.05. The Labute approximate surface area is 150 Å². The van der Waals surface area contributed by atoms with Gasteiger partial charge in [-0.2, -0.15) is 57.1 Å². The number of hydrogen-bond donors (Lipinski definition) is 0. The molecule has 0 aliphatic heterocycles. The molecule has 0 nitrogen and oxygen atoms in total. The number of thioether (sulfide) groups is 1. The fourth-order valence-corrected chi connectivity index (χ4v) is 3.01. The Kier molecular flexibility index (Phi) is 6.02. The highest BCUT2D eigenvalue weighted by atomic mass is 35.5. The Morgan fingerprint density at radius 2 is 0.926 bits per heavy atom. The van der Waals surface area contributed by atoms with E-state index in [2.05, 4.69) is 0 Å². The first-order chi connectivity index (χ1) is 11.7. The maximum Gasteiger partial charge on any atom is 0.459 e. The van der Waals surface area contributed by atoms with Crippen LogP contribution < -0.4 is 0 Å². The number of alkyl halides is 13. The van der Waals surface area contributed by atoms with Crippen LogP contribution >= 0.6 is 23.4 Å². The molecule has 0 saturated heterocycles. The van der Waals surface area contributed by atoms with Gasteiger partial charge in [0.2, 0.25) is 0 Å². The van der Waals surface area contributed by atoms with E-state index < -0.39 is 51.8 Å². The second-order valence-corrected chi connectivity index (χ2v) is 6.60. The van der Waals surface area contributed by atoms with Crippen molar-refractivity contribution in [1.82, 2.24) is 0 Å². The maximum absolute atomic E-state index is 13.8. The normalized spacial score (nSPS) is 15.2. The molecule has 27 heavy (non-hydrogen) atoms. The number of benzene rings is 1. The largest absolute Gasteiger partial charge is 0.459 e. The van der Waals surface area contributed by atoms with Crippen molar-refractivity contribution in [2.24, 2.45) is 0 Å². The highest BCUT2D eigenvalue weighted by molar-refractivity contribution is 8.01. The van der Waals surface area contributed by atoms with Gasteiger partial charge < -0.3 is 0 Å². The van der Waals surface area contributed by atoms with Crippen LogP contribution in [0.15, 0.2) is 29.2 Å². The Morgan fingerprint density at radius 3 is 1.22 bits per heavy atom. The molecule has 0 atom stereocenters. The first kappa shape index (κ1) is 24.0. The molecule has 0 saturated carbocycles. The van der Waals surface area contributed by atoms with Crippen molar-refractivity contribution in [1.29, 1.82) is 0 Å². The van der Waals surface area contributed by atoms with Crippen molar-refractivity contribution in [3.63, 3.8) is 0 Å². The molecule has 0 unspecified atom stereocenters. The summed E-state index contributed by atoms with van der Waals surface area (Å²) in [6, 6.07) is 1.89. The van der Waals surface area contributed by atoms with Crippen LogP contribution in [0.5, 0.6) is 0 Å². The lowest BCUT2D eigenvalue weighted by Crippen LogP contribution is -2.73. The lowest BCUT2D eigenvalue weighted by atomic mass is 9.92. The van der Waals surface area contributed by atoms with Gasteiger partial charge >= 0.3 is 30.4 Å². The van der Waals surface area contributed by atoms with E-state index in [1.807, 2.05) is 0 Å². The molecule has 0 N–H and O–H groups in total. The minimum absolute atomic E-state index is 0.281. The smallest absolute Gasteiger partial charge is 0.197 e. The molecule has 1 aromatic rings. The summed E-state index contributed by atoms with van der Waals surface area (Å²) in [5.74, 6) is -15.3. The molecule has 0 bridgehead atoms. The van der Waals surface area contributed by atoms with E-state index in [1.165, 1.54) is 0 Å². The minimum atomic E-state index is -7.67. The van der Waals surface area contributed by atoms with E-state index in [4.69, 9.17) is 11.6 Å². The van der Waals surface area contributed by atoms with Gasteiger partial charge in [-0.3, -0.25) is 0 Å². The van der Waals surface area contributed by atoms with Gasteiger partial charge in [0.1, 0.15) is 0 Å². The van der Waals surface area contributed by atoms with E-state index >= 15 is 0 Å². The molecule has 0 amide bonds. The van der Waals surface area contributed by atoms with Crippen LogP contribution in [0.1, 0.15) is 0 Å². The molecule has 0 heterocycles. The summed E-state index contributed by atoms with van der Waals surface area (Å²) in [6.45, 7) is 0. The van der Waals surface area contributed by atoms with Crippen LogP contribution in [-0.4, -0.2) is 35.1 Å². The Morgan fingerprint density at radius 1 is 0.556 bits per heavy atom. The highest BCUT2D eigenvalue weighted by Gasteiger charge is 2.92. The molecule has 0 aliphatic rings. The van der Waals surface area contributed by atoms with Gasteiger partial charge in [-0.15, -0.1) is 0 Å². The van der Waals surface area contributed by atoms with Crippen LogP contribution in [0, 0.1) is 0 Å². The van der Waals surface area contributed by atoms with E-state index in [1.54, 1.807) is 0 Å². The maximum atomic E-state index is 13.8. The predicted molar refractivity (Wildman–Crippen MR) is 68.1 cm³/mol. The fraction of sp³-hybridized carbons (Fsp3) is 0.500. The van der Waals surface area contributed by atoms with Crippen molar-refractivity contribution in [2.75, 3.05) is 0 Å². The Bertz CT molecular complexity index is 642. The molecular formula is C12H4ClF13S. The zero-order valence-corrected chi connectivity index (χ0v) is 13.6. The monoisotopic (exact) mass is 462 g/mol. The average Bonchev–Trinajstić information content (AvgIpc) is 2.42. The molecular weight excluding hydrogens is 459 g/mol. The quantitative estimate of drug-likeness (QED) is 0.339. The summed E-state index contributed by atoms with van der Waals surface area (Å²) in [5, 5.41) is -0.281. The minimum Gasteiger partial charge on any atom is -0.197 e. The highest BCUT2D eigenvalue weighted by Crippen LogP contribution is 2.66. The van der Waals surface area contributed by atoms with Crippen LogP contribution in [0.3, 0.4) is 0 Å². The predicted octanol–water partition coefficient (Wildman–Crippen LogP) is 7.13. The summed E-state index contributed by atoms with van der Waals surface area (Å²) in [7, 11) is 0. The van der Waals surface area contributed by atoms with Crippen molar-refractivity contribution < 1.29 is 57.1 Å². The van der Waals surface area contributed by atoms with Crippen molar-refractivity contribution in [3.8, 4) is 0 Å². The molecule has 1 rings (SSSR count). The van der Waals surface area contributed by atoms with Gasteiger partial charge in [-0.05, 0) is 24.3 Å². The van der Waals surface area contributed by atoms with Crippen molar-refractivity contribution in [3.05, 3.63) is 29.3 Å². The lowest BCUT2D eigenvalue weighted by Gasteiger charge is -2.44. The van der Waals surface area contributed by atoms with Gasteiger partial charge in [-0.1, -0.05) is 23.4 Å². The van der Waals surface area contributed by atoms with Crippen molar-refractivity contribution >= 4 is 23.4 Å². The molecule has 156 valence electrons. The molecule has 1 aromatic carbocycles. The molecule has 15 heteroatoms. The summed E-state index contributed by atoms with van der Waals surface area (Å²) in [6.07, 6.45) is -21.9. The van der Waals surface area contributed by atoms with E-state index in [0.29, 0.717) is 24.3 Å². The van der Waals surface area contributed by atoms with Gasteiger partial charge in [0.15, 0.2) is 0 Å². The number of hydrogen-bond acceptors (Lipinski definition) is 1. The summed E-state index contributed by atoms with van der Waals surface area (Å²) in [4.78, 5) is -1.33. The van der Waals surface area contributed by atoms with E-state index in [0.717, 1.165) is 0 Å². The summed E-state index contributed by atoms with van der Waals surface area (Å²) in [5.41, 5.74) is 0. The number of halogens is 14. The Balaban J connectivity index is 3.85. The van der Waals surface area contributed by atoms with Crippen LogP contribution in [0.2, 0.25) is 5.02 Å². The van der Waals surface area contributed by atoms with Gasteiger partial charge in [0, 0.05) is 9.92 Å². The third-order valence-electron chi connectivity index (χ3n) is 3.08. The molecule has 0 spiro atoms. The average molecular weight is 463 g/mol. The zero-order chi connectivity index (χ0) is 21.7. The second kappa shape index (κ2) is 6.78. The summed E-state index contributed by atoms with van der Waals surface area (Å²) < 4.78 is 162. The van der Waals surface area contributed by atoms with Gasteiger partial charge in [0.25, 0.3) is 4.75 Å². The molecule has 0 radical (unpaired) electrons. The SMILES string of the molecule is FC(F)(F)C(F)(F)C(F)(F)C(Sc1ccc(Cl)cc1)(C(F)(F)F)C(F)(F)F. The molecule has 0 fully saturated rings.